The van der Waals surface area contributed by atoms with E-state index in [1.807, 2.05) is 30.1 Å². The molecule has 102 valence electrons. The Morgan fingerprint density at radius 3 is 2.84 bits per heavy atom. The van der Waals surface area contributed by atoms with Gasteiger partial charge in [-0.25, -0.2) is 0 Å². The first-order valence-electron chi connectivity index (χ1n) is 6.32. The maximum Gasteiger partial charge on any atom is 0.122 e. The third-order valence-electron chi connectivity index (χ3n) is 2.97. The highest BCUT2D eigenvalue weighted by Gasteiger charge is 2.06. The molecule has 0 amide bonds. The van der Waals surface area contributed by atoms with Crippen molar-refractivity contribution >= 4 is 11.4 Å². The first-order chi connectivity index (χ1) is 9.12. The average molecular weight is 260 g/mol. The van der Waals surface area contributed by atoms with Crippen molar-refractivity contribution in [3.63, 3.8) is 0 Å². The summed E-state index contributed by atoms with van der Waals surface area (Å²) in [6.07, 6.45) is 2.97. The minimum atomic E-state index is 0.684. The van der Waals surface area contributed by atoms with Gasteiger partial charge in [-0.05, 0) is 12.5 Å². The van der Waals surface area contributed by atoms with Gasteiger partial charge in [0.05, 0.1) is 12.8 Å². The van der Waals surface area contributed by atoms with E-state index in [2.05, 4.69) is 17.3 Å². The number of hydrogen-bond donors (Lipinski definition) is 2. The Morgan fingerprint density at radius 1 is 1.37 bits per heavy atom. The highest BCUT2D eigenvalue weighted by atomic mass is 16.5. The Hall–Kier alpha value is -2.17. The summed E-state index contributed by atoms with van der Waals surface area (Å²) >= 11 is 0. The van der Waals surface area contributed by atoms with E-state index in [1.165, 1.54) is 5.56 Å². The van der Waals surface area contributed by atoms with Gasteiger partial charge in [0.2, 0.25) is 0 Å². The molecule has 5 heteroatoms. The van der Waals surface area contributed by atoms with Crippen LogP contribution in [-0.2, 0) is 20.0 Å². The molecule has 1 heterocycles. The monoisotopic (exact) mass is 260 g/mol. The lowest BCUT2D eigenvalue weighted by atomic mass is 10.2. The molecule has 1 aromatic carbocycles. The molecule has 1 aromatic heterocycles. The third-order valence-corrected chi connectivity index (χ3v) is 2.97. The van der Waals surface area contributed by atoms with Crippen LogP contribution in [0.25, 0.3) is 0 Å². The normalized spacial score (nSPS) is 10.5. The van der Waals surface area contributed by atoms with Gasteiger partial charge in [0.15, 0.2) is 0 Å². The Balaban J connectivity index is 2.11. The molecular formula is C14H20N4O. The summed E-state index contributed by atoms with van der Waals surface area (Å²) in [6.45, 7) is 2.83. The molecule has 5 nitrogen and oxygen atoms in total. The van der Waals surface area contributed by atoms with Crippen LogP contribution in [0.15, 0.2) is 24.4 Å². The van der Waals surface area contributed by atoms with Gasteiger partial charge in [0.25, 0.3) is 0 Å². The minimum absolute atomic E-state index is 0.684. The van der Waals surface area contributed by atoms with Crippen LogP contribution in [0.4, 0.5) is 11.4 Å². The van der Waals surface area contributed by atoms with E-state index in [9.17, 15) is 0 Å². The summed E-state index contributed by atoms with van der Waals surface area (Å²) in [5.74, 6) is 0.754. The fraction of sp³-hybridized carbons (Fsp3) is 0.357. The largest absolute Gasteiger partial charge is 0.497 e. The molecule has 0 aliphatic rings. The summed E-state index contributed by atoms with van der Waals surface area (Å²) in [6, 6.07) is 5.62. The molecule has 0 radical (unpaired) electrons. The number of hydrogen-bond acceptors (Lipinski definition) is 4. The van der Waals surface area contributed by atoms with Crippen LogP contribution >= 0.6 is 0 Å². The second kappa shape index (κ2) is 5.65. The van der Waals surface area contributed by atoms with Gasteiger partial charge >= 0.3 is 0 Å². The molecule has 0 bridgehead atoms. The predicted molar refractivity (Wildman–Crippen MR) is 77.3 cm³/mol. The number of rotatable bonds is 5. The van der Waals surface area contributed by atoms with Gasteiger partial charge in [0.1, 0.15) is 5.75 Å². The van der Waals surface area contributed by atoms with Gasteiger partial charge < -0.3 is 15.8 Å². The van der Waals surface area contributed by atoms with Gasteiger partial charge in [-0.1, -0.05) is 6.92 Å². The number of nitrogen functional groups attached to an aromatic ring is 1. The van der Waals surface area contributed by atoms with Crippen molar-refractivity contribution < 1.29 is 4.74 Å². The lowest BCUT2D eigenvalue weighted by molar-refractivity contribution is 0.415. The average Bonchev–Trinajstić information content (AvgIpc) is 2.76. The van der Waals surface area contributed by atoms with Crippen LogP contribution in [0.5, 0.6) is 5.75 Å². The number of ether oxygens (including phenoxy) is 1. The lowest BCUT2D eigenvalue weighted by Gasteiger charge is -2.09. The zero-order valence-corrected chi connectivity index (χ0v) is 11.6. The molecule has 0 fully saturated rings. The van der Waals surface area contributed by atoms with Crippen LogP contribution in [0.3, 0.4) is 0 Å². The molecule has 0 aliphatic heterocycles. The van der Waals surface area contributed by atoms with Gasteiger partial charge in [-0.2, -0.15) is 5.10 Å². The number of methoxy groups -OCH3 is 1. The fourth-order valence-corrected chi connectivity index (χ4v) is 2.07. The number of aryl methyl sites for hydroxylation is 2. The second-order valence-electron chi connectivity index (χ2n) is 4.48. The minimum Gasteiger partial charge on any atom is -0.497 e. The van der Waals surface area contributed by atoms with Gasteiger partial charge in [0, 0.05) is 48.9 Å². The standard InChI is InChI=1S/C14H20N4O/c1-4-14-10(9-18(2)17-14)8-16-12-5-11(15)6-13(7-12)19-3/h5-7,9,16H,4,8,15H2,1-3H3. The topological polar surface area (TPSA) is 65.1 Å². The van der Waals surface area contributed by atoms with E-state index in [0.717, 1.165) is 30.1 Å². The van der Waals surface area contributed by atoms with E-state index < -0.39 is 0 Å². The van der Waals surface area contributed by atoms with Gasteiger partial charge in [-0.3, -0.25) is 4.68 Å². The zero-order chi connectivity index (χ0) is 13.8. The molecule has 0 aliphatic carbocycles. The highest BCUT2D eigenvalue weighted by molar-refractivity contribution is 5.59. The molecule has 0 unspecified atom stereocenters. The third kappa shape index (κ3) is 3.19. The Kier molecular flexibility index (Phi) is 3.94. The SMILES string of the molecule is CCc1nn(C)cc1CNc1cc(N)cc(OC)c1. The van der Waals surface area contributed by atoms with Crippen LogP contribution in [0, 0.1) is 0 Å². The first-order valence-corrected chi connectivity index (χ1v) is 6.32. The quantitative estimate of drug-likeness (QED) is 0.809. The number of anilines is 2. The van der Waals surface area contributed by atoms with Crippen molar-refractivity contribution in [3.05, 3.63) is 35.7 Å². The van der Waals surface area contributed by atoms with Crippen molar-refractivity contribution in [2.24, 2.45) is 7.05 Å². The summed E-state index contributed by atoms with van der Waals surface area (Å²) in [5, 5.41) is 7.77. The number of nitrogens with two attached hydrogens (primary N) is 1. The molecule has 2 rings (SSSR count). The maximum absolute atomic E-state index is 5.83. The molecule has 0 atom stereocenters. The number of nitrogens with one attached hydrogen (secondary N) is 1. The van der Waals surface area contributed by atoms with Crippen molar-refractivity contribution in [1.82, 2.24) is 9.78 Å². The van der Waals surface area contributed by atoms with E-state index >= 15 is 0 Å². The fourth-order valence-electron chi connectivity index (χ4n) is 2.07. The van der Waals surface area contributed by atoms with Crippen molar-refractivity contribution in [1.29, 1.82) is 0 Å². The second-order valence-corrected chi connectivity index (χ2v) is 4.48. The smallest absolute Gasteiger partial charge is 0.122 e. The summed E-state index contributed by atoms with van der Waals surface area (Å²) in [5.41, 5.74) is 9.78. The van der Waals surface area contributed by atoms with Crippen molar-refractivity contribution in [2.45, 2.75) is 19.9 Å². The van der Waals surface area contributed by atoms with Crippen molar-refractivity contribution in [3.8, 4) is 5.75 Å². The lowest BCUT2D eigenvalue weighted by Crippen LogP contribution is -2.02. The molecule has 0 spiro atoms. The van der Waals surface area contributed by atoms with E-state index in [0.29, 0.717) is 5.69 Å². The van der Waals surface area contributed by atoms with Crippen LogP contribution in [-0.4, -0.2) is 16.9 Å². The Labute approximate surface area is 113 Å². The number of nitrogens with zero attached hydrogens (tertiary/aromatic N) is 2. The summed E-state index contributed by atoms with van der Waals surface area (Å²) in [7, 11) is 3.57. The van der Waals surface area contributed by atoms with Crippen LogP contribution < -0.4 is 15.8 Å². The summed E-state index contributed by atoms with van der Waals surface area (Å²) in [4.78, 5) is 0. The van der Waals surface area contributed by atoms with Crippen LogP contribution in [0.2, 0.25) is 0 Å². The predicted octanol–water partition coefficient (Wildman–Crippen LogP) is 2.19. The maximum atomic E-state index is 5.83. The highest BCUT2D eigenvalue weighted by Crippen LogP contribution is 2.23. The molecular weight excluding hydrogens is 240 g/mol. The van der Waals surface area contributed by atoms with E-state index in [4.69, 9.17) is 10.5 Å². The molecule has 2 aromatic rings. The molecule has 0 saturated carbocycles. The Morgan fingerprint density at radius 2 is 2.16 bits per heavy atom. The first kappa shape index (κ1) is 13.3. The van der Waals surface area contributed by atoms with E-state index in [-0.39, 0.29) is 0 Å². The zero-order valence-electron chi connectivity index (χ0n) is 11.6. The number of benzene rings is 1. The molecule has 19 heavy (non-hydrogen) atoms. The molecule has 3 N–H and O–H groups in total. The summed E-state index contributed by atoms with van der Waals surface area (Å²) < 4.78 is 7.04. The van der Waals surface area contributed by atoms with Gasteiger partial charge in [-0.15, -0.1) is 0 Å². The van der Waals surface area contributed by atoms with Crippen molar-refractivity contribution in [2.75, 3.05) is 18.2 Å². The molecule has 0 saturated heterocycles. The van der Waals surface area contributed by atoms with E-state index in [1.54, 1.807) is 13.2 Å². The van der Waals surface area contributed by atoms with Crippen LogP contribution in [0.1, 0.15) is 18.2 Å². The number of aromatic nitrogens is 2. The Bertz CT molecular complexity index is 563.